The predicted octanol–water partition coefficient (Wildman–Crippen LogP) is 5.62. The molecule has 0 spiro atoms. The lowest BCUT2D eigenvalue weighted by atomic mass is 10.1. The minimum atomic E-state index is 0. The fourth-order valence-corrected chi connectivity index (χ4v) is 2.48. The van der Waals surface area contributed by atoms with Gasteiger partial charge in [0, 0.05) is 17.1 Å². The first-order chi connectivity index (χ1) is 10.7. The number of aryl methyl sites for hydroxylation is 1. The second-order valence-electron chi connectivity index (χ2n) is 5.32. The second-order valence-corrected chi connectivity index (χ2v) is 5.73. The number of hydrogen-bond donors (Lipinski definition) is 1. The van der Waals surface area contributed by atoms with Crippen molar-refractivity contribution in [3.63, 3.8) is 0 Å². The molecule has 23 heavy (non-hydrogen) atoms. The highest BCUT2D eigenvalue weighted by Gasteiger charge is 2.06. The van der Waals surface area contributed by atoms with Crippen LogP contribution in [0.5, 0.6) is 0 Å². The van der Waals surface area contributed by atoms with E-state index in [4.69, 9.17) is 16.0 Å². The summed E-state index contributed by atoms with van der Waals surface area (Å²) >= 11 is 6.17. The molecule has 1 N–H and O–H groups in total. The normalized spacial score (nSPS) is 10.3. The van der Waals surface area contributed by atoms with Gasteiger partial charge in [-0.3, -0.25) is 0 Å². The van der Waals surface area contributed by atoms with Crippen molar-refractivity contribution in [2.45, 2.75) is 20.0 Å². The van der Waals surface area contributed by atoms with Gasteiger partial charge in [0.15, 0.2) is 0 Å². The van der Waals surface area contributed by atoms with E-state index in [0.29, 0.717) is 6.54 Å². The highest BCUT2D eigenvalue weighted by atomic mass is 35.5. The molecule has 4 heteroatoms. The summed E-state index contributed by atoms with van der Waals surface area (Å²) < 4.78 is 5.88. The first kappa shape index (κ1) is 17.6. The van der Waals surface area contributed by atoms with E-state index in [0.717, 1.165) is 34.2 Å². The maximum absolute atomic E-state index is 6.17. The third-order valence-corrected chi connectivity index (χ3v) is 4.00. The minimum absolute atomic E-state index is 0. The Morgan fingerprint density at radius 2 is 1.74 bits per heavy atom. The van der Waals surface area contributed by atoms with Crippen LogP contribution in [0.15, 0.2) is 65.1 Å². The lowest BCUT2D eigenvalue weighted by Crippen LogP contribution is -2.11. The van der Waals surface area contributed by atoms with Crippen molar-refractivity contribution in [3.05, 3.63) is 82.6 Å². The highest BCUT2D eigenvalue weighted by Crippen LogP contribution is 2.26. The highest BCUT2D eigenvalue weighted by molar-refractivity contribution is 6.31. The minimum Gasteiger partial charge on any atom is -0.460 e. The van der Waals surface area contributed by atoms with Crippen molar-refractivity contribution in [3.8, 4) is 11.3 Å². The summed E-state index contributed by atoms with van der Waals surface area (Å²) in [7, 11) is 0. The largest absolute Gasteiger partial charge is 0.460 e. The quantitative estimate of drug-likeness (QED) is 0.647. The molecule has 0 saturated carbocycles. The Hall–Kier alpha value is -1.74. The molecule has 120 valence electrons. The molecule has 2 aromatic carbocycles. The van der Waals surface area contributed by atoms with E-state index in [1.807, 2.05) is 55.5 Å². The Kier molecular flexibility index (Phi) is 6.28. The van der Waals surface area contributed by atoms with E-state index in [2.05, 4.69) is 17.4 Å². The van der Waals surface area contributed by atoms with Gasteiger partial charge in [-0.25, -0.2) is 0 Å². The zero-order chi connectivity index (χ0) is 15.4. The number of benzene rings is 2. The van der Waals surface area contributed by atoms with E-state index in [-0.39, 0.29) is 12.4 Å². The van der Waals surface area contributed by atoms with Crippen LogP contribution in [0.3, 0.4) is 0 Å². The number of halogens is 2. The molecule has 0 saturated heterocycles. The maximum atomic E-state index is 6.17. The number of hydrogen-bond acceptors (Lipinski definition) is 2. The van der Waals surface area contributed by atoms with Crippen LogP contribution < -0.4 is 5.32 Å². The average Bonchev–Trinajstić information content (AvgIpc) is 3.00. The fourth-order valence-electron chi connectivity index (χ4n) is 2.30. The van der Waals surface area contributed by atoms with E-state index in [1.165, 1.54) is 5.56 Å². The van der Waals surface area contributed by atoms with E-state index < -0.39 is 0 Å². The maximum Gasteiger partial charge on any atom is 0.134 e. The molecule has 0 radical (unpaired) electrons. The van der Waals surface area contributed by atoms with Gasteiger partial charge in [-0.2, -0.15) is 0 Å². The molecule has 0 amide bonds. The van der Waals surface area contributed by atoms with Gasteiger partial charge in [0.2, 0.25) is 0 Å². The van der Waals surface area contributed by atoms with E-state index in [1.54, 1.807) is 0 Å². The SMILES string of the molecule is Cc1ccc(-c2ccc(CNCc3ccccc3)o2)cc1Cl.Cl. The molecule has 0 bridgehead atoms. The number of furan rings is 1. The number of rotatable bonds is 5. The Bertz CT molecular complexity index is 753. The third-order valence-electron chi connectivity index (χ3n) is 3.59. The van der Waals surface area contributed by atoms with Crippen molar-refractivity contribution in [2.24, 2.45) is 0 Å². The molecule has 3 rings (SSSR count). The van der Waals surface area contributed by atoms with Crippen molar-refractivity contribution >= 4 is 24.0 Å². The molecular weight excluding hydrogens is 329 g/mol. The third kappa shape index (κ3) is 4.61. The molecule has 2 nitrogen and oxygen atoms in total. The summed E-state index contributed by atoms with van der Waals surface area (Å²) in [5, 5.41) is 4.15. The van der Waals surface area contributed by atoms with Crippen LogP contribution in [0, 0.1) is 6.92 Å². The van der Waals surface area contributed by atoms with Crippen LogP contribution in [0.2, 0.25) is 5.02 Å². The van der Waals surface area contributed by atoms with Crippen LogP contribution in [-0.4, -0.2) is 0 Å². The Morgan fingerprint density at radius 3 is 2.48 bits per heavy atom. The van der Waals surface area contributed by atoms with Gasteiger partial charge in [0.05, 0.1) is 6.54 Å². The molecule has 1 aromatic heterocycles. The van der Waals surface area contributed by atoms with Crippen molar-refractivity contribution in [2.75, 3.05) is 0 Å². The van der Waals surface area contributed by atoms with Crippen molar-refractivity contribution in [1.29, 1.82) is 0 Å². The fraction of sp³-hybridized carbons (Fsp3) is 0.158. The number of nitrogens with one attached hydrogen (secondary N) is 1. The smallest absolute Gasteiger partial charge is 0.134 e. The Labute approximate surface area is 147 Å². The van der Waals surface area contributed by atoms with Gasteiger partial charge in [-0.15, -0.1) is 12.4 Å². The summed E-state index contributed by atoms with van der Waals surface area (Å²) in [6.07, 6.45) is 0. The lowest BCUT2D eigenvalue weighted by molar-refractivity contribution is 0.493. The summed E-state index contributed by atoms with van der Waals surface area (Å²) in [5.41, 5.74) is 3.34. The van der Waals surface area contributed by atoms with Gasteiger partial charge >= 0.3 is 0 Å². The molecule has 3 aromatic rings. The summed E-state index contributed by atoms with van der Waals surface area (Å²) in [6, 6.07) is 20.3. The van der Waals surface area contributed by atoms with Crippen LogP contribution in [0.1, 0.15) is 16.9 Å². The molecule has 1 heterocycles. The first-order valence-corrected chi connectivity index (χ1v) is 7.70. The lowest BCUT2D eigenvalue weighted by Gasteiger charge is -2.03. The van der Waals surface area contributed by atoms with Crippen LogP contribution in [0.4, 0.5) is 0 Å². The molecule has 0 fully saturated rings. The van der Waals surface area contributed by atoms with Crippen LogP contribution in [-0.2, 0) is 13.1 Å². The zero-order valence-corrected chi connectivity index (χ0v) is 14.5. The van der Waals surface area contributed by atoms with Gasteiger partial charge in [0.25, 0.3) is 0 Å². The second kappa shape index (κ2) is 8.21. The molecule has 0 aliphatic carbocycles. The molecule has 0 atom stereocenters. The van der Waals surface area contributed by atoms with Gasteiger partial charge < -0.3 is 9.73 Å². The topological polar surface area (TPSA) is 25.2 Å². The zero-order valence-electron chi connectivity index (χ0n) is 12.9. The monoisotopic (exact) mass is 347 g/mol. The Balaban J connectivity index is 0.00000192. The van der Waals surface area contributed by atoms with Crippen molar-refractivity contribution < 1.29 is 4.42 Å². The van der Waals surface area contributed by atoms with E-state index >= 15 is 0 Å². The van der Waals surface area contributed by atoms with Gasteiger partial charge in [-0.1, -0.05) is 54.1 Å². The summed E-state index contributed by atoms with van der Waals surface area (Å²) in [4.78, 5) is 0. The Morgan fingerprint density at radius 1 is 0.957 bits per heavy atom. The van der Waals surface area contributed by atoms with Crippen LogP contribution >= 0.6 is 24.0 Å². The van der Waals surface area contributed by atoms with Crippen molar-refractivity contribution in [1.82, 2.24) is 5.32 Å². The molecule has 0 unspecified atom stereocenters. The van der Waals surface area contributed by atoms with Crippen LogP contribution in [0.25, 0.3) is 11.3 Å². The summed E-state index contributed by atoms with van der Waals surface area (Å²) in [6.45, 7) is 3.52. The van der Waals surface area contributed by atoms with Gasteiger partial charge in [-0.05, 0) is 36.2 Å². The van der Waals surface area contributed by atoms with Gasteiger partial charge in [0.1, 0.15) is 11.5 Å². The molecule has 0 aliphatic heterocycles. The predicted molar refractivity (Wildman–Crippen MR) is 98.1 cm³/mol. The first-order valence-electron chi connectivity index (χ1n) is 7.32. The van der Waals surface area contributed by atoms with E-state index in [9.17, 15) is 0 Å². The molecule has 0 aliphatic rings. The average molecular weight is 348 g/mol. The molecular formula is C19H19Cl2NO. The standard InChI is InChI=1S/C19H18ClNO.ClH/c1-14-7-8-16(11-18(14)20)19-10-9-17(22-19)13-21-12-15-5-3-2-4-6-15;/h2-11,21H,12-13H2,1H3;1H. The summed E-state index contributed by atoms with van der Waals surface area (Å²) in [5.74, 6) is 1.76.